The Labute approximate surface area is 77.8 Å². The average molecular weight is 186 g/mol. The first-order valence-corrected chi connectivity index (χ1v) is 4.65. The fourth-order valence-corrected chi connectivity index (χ4v) is 1.55. The first-order valence-electron chi connectivity index (χ1n) is 4.65. The molecule has 0 saturated heterocycles. The normalized spacial score (nSPS) is 28.1. The summed E-state index contributed by atoms with van der Waals surface area (Å²) in [4.78, 5) is 11.3. The first kappa shape index (κ1) is 10.2. The summed E-state index contributed by atoms with van der Waals surface area (Å²) in [6, 6.07) is 0. The van der Waals surface area contributed by atoms with Crippen molar-refractivity contribution in [1.29, 1.82) is 0 Å². The first-order chi connectivity index (χ1) is 6.24. The predicted molar refractivity (Wildman–Crippen MR) is 48.0 cm³/mol. The predicted octanol–water partition coefficient (Wildman–Crippen LogP) is 2.24. The molecule has 1 aliphatic carbocycles. The Balaban J connectivity index is 2.27. The van der Waals surface area contributed by atoms with Crippen LogP contribution in [0.25, 0.3) is 0 Å². The molecule has 0 bridgehead atoms. The van der Waals surface area contributed by atoms with Crippen LogP contribution in [0.1, 0.15) is 25.7 Å². The van der Waals surface area contributed by atoms with Crippen molar-refractivity contribution in [3.8, 4) is 0 Å². The average Bonchev–Trinajstić information content (AvgIpc) is 2.15. The molecule has 3 heteroatoms. The molecule has 13 heavy (non-hydrogen) atoms. The lowest BCUT2D eigenvalue weighted by molar-refractivity contribution is -0.148. The van der Waals surface area contributed by atoms with Gasteiger partial charge in [-0.3, -0.25) is 4.79 Å². The number of hydrogen-bond donors (Lipinski definition) is 0. The van der Waals surface area contributed by atoms with Gasteiger partial charge in [0.25, 0.3) is 0 Å². The molecule has 2 nitrogen and oxygen atoms in total. The summed E-state index contributed by atoms with van der Waals surface area (Å²) < 4.78 is 17.6. The summed E-state index contributed by atoms with van der Waals surface area (Å²) in [5.41, 5.74) is 0. The maximum Gasteiger partial charge on any atom is 0.309 e. The minimum absolute atomic E-state index is 0.0908. The van der Waals surface area contributed by atoms with Gasteiger partial charge in [0.15, 0.2) is 0 Å². The minimum atomic E-state index is -0.719. The zero-order chi connectivity index (χ0) is 9.68. The number of carbonyl (C=O) groups excluding carboxylic acids is 1. The van der Waals surface area contributed by atoms with Crippen molar-refractivity contribution >= 4 is 5.97 Å². The molecule has 0 aromatic carbocycles. The molecule has 0 radical (unpaired) electrons. The molecule has 0 aliphatic heterocycles. The van der Waals surface area contributed by atoms with Crippen LogP contribution in [0.2, 0.25) is 0 Å². The van der Waals surface area contributed by atoms with Crippen LogP contribution < -0.4 is 0 Å². The Morgan fingerprint density at radius 3 is 2.62 bits per heavy atom. The molecular weight excluding hydrogens is 171 g/mol. The highest BCUT2D eigenvalue weighted by Crippen LogP contribution is 2.26. The van der Waals surface area contributed by atoms with E-state index in [1.807, 2.05) is 0 Å². The van der Waals surface area contributed by atoms with Crippen molar-refractivity contribution in [2.24, 2.45) is 5.92 Å². The number of hydrogen-bond acceptors (Lipinski definition) is 2. The third-order valence-corrected chi connectivity index (χ3v) is 2.33. The third kappa shape index (κ3) is 3.17. The SMILES string of the molecule is C=CCOC(=O)C1CCC(F)CC1. The molecule has 1 fully saturated rings. The second-order valence-electron chi connectivity index (χ2n) is 3.37. The Kier molecular flexibility index (Phi) is 3.93. The molecule has 0 atom stereocenters. The molecule has 0 unspecified atom stereocenters. The van der Waals surface area contributed by atoms with E-state index in [-0.39, 0.29) is 18.5 Å². The quantitative estimate of drug-likeness (QED) is 0.499. The van der Waals surface area contributed by atoms with Gasteiger partial charge < -0.3 is 4.74 Å². The molecule has 1 rings (SSSR count). The number of esters is 1. The molecule has 74 valence electrons. The fraction of sp³-hybridized carbons (Fsp3) is 0.700. The number of carbonyl (C=O) groups is 1. The van der Waals surface area contributed by atoms with E-state index in [0.717, 1.165) is 0 Å². The van der Waals surface area contributed by atoms with Gasteiger partial charge in [0, 0.05) is 0 Å². The van der Waals surface area contributed by atoms with Crippen molar-refractivity contribution in [3.05, 3.63) is 12.7 Å². The van der Waals surface area contributed by atoms with Crippen molar-refractivity contribution in [2.45, 2.75) is 31.9 Å². The van der Waals surface area contributed by atoms with Crippen LogP contribution in [0.15, 0.2) is 12.7 Å². The van der Waals surface area contributed by atoms with Crippen LogP contribution in [0, 0.1) is 5.92 Å². The molecule has 1 saturated carbocycles. The maximum atomic E-state index is 12.7. The van der Waals surface area contributed by atoms with Crippen LogP contribution >= 0.6 is 0 Å². The molecule has 0 N–H and O–H groups in total. The van der Waals surface area contributed by atoms with E-state index < -0.39 is 6.17 Å². The summed E-state index contributed by atoms with van der Waals surface area (Å²) in [7, 11) is 0. The van der Waals surface area contributed by atoms with Crippen LogP contribution in [0.4, 0.5) is 4.39 Å². The smallest absolute Gasteiger partial charge is 0.309 e. The van der Waals surface area contributed by atoms with Gasteiger partial charge in [0.2, 0.25) is 0 Å². The van der Waals surface area contributed by atoms with Crippen molar-refractivity contribution in [3.63, 3.8) is 0 Å². The van der Waals surface area contributed by atoms with E-state index >= 15 is 0 Å². The minimum Gasteiger partial charge on any atom is -0.461 e. The zero-order valence-corrected chi connectivity index (χ0v) is 7.67. The Morgan fingerprint density at radius 1 is 1.46 bits per heavy atom. The van der Waals surface area contributed by atoms with E-state index in [2.05, 4.69) is 6.58 Å². The molecule has 0 spiro atoms. The zero-order valence-electron chi connectivity index (χ0n) is 7.67. The summed E-state index contributed by atoms with van der Waals surface area (Å²) in [6.07, 6.45) is 3.05. The lowest BCUT2D eigenvalue weighted by Gasteiger charge is -2.22. The van der Waals surface area contributed by atoms with Crippen LogP contribution in [0.5, 0.6) is 0 Å². The van der Waals surface area contributed by atoms with Crippen LogP contribution in [-0.4, -0.2) is 18.7 Å². The van der Waals surface area contributed by atoms with E-state index in [9.17, 15) is 9.18 Å². The lowest BCUT2D eigenvalue weighted by Crippen LogP contribution is -2.24. The highest BCUT2D eigenvalue weighted by Gasteiger charge is 2.26. The van der Waals surface area contributed by atoms with Gasteiger partial charge in [-0.1, -0.05) is 12.7 Å². The fourth-order valence-electron chi connectivity index (χ4n) is 1.55. The Hall–Kier alpha value is -0.860. The monoisotopic (exact) mass is 186 g/mol. The second-order valence-corrected chi connectivity index (χ2v) is 3.37. The van der Waals surface area contributed by atoms with E-state index in [4.69, 9.17) is 4.74 Å². The van der Waals surface area contributed by atoms with Gasteiger partial charge in [0.05, 0.1) is 5.92 Å². The molecule has 0 amide bonds. The largest absolute Gasteiger partial charge is 0.461 e. The van der Waals surface area contributed by atoms with E-state index in [1.165, 1.54) is 0 Å². The highest BCUT2D eigenvalue weighted by atomic mass is 19.1. The van der Waals surface area contributed by atoms with E-state index in [0.29, 0.717) is 25.7 Å². The van der Waals surface area contributed by atoms with Gasteiger partial charge in [-0.05, 0) is 25.7 Å². The van der Waals surface area contributed by atoms with Crippen molar-refractivity contribution < 1.29 is 13.9 Å². The molecule has 0 aromatic heterocycles. The topological polar surface area (TPSA) is 26.3 Å². The maximum absolute atomic E-state index is 12.7. The number of ether oxygens (including phenoxy) is 1. The lowest BCUT2D eigenvalue weighted by atomic mass is 9.88. The van der Waals surface area contributed by atoms with Crippen molar-refractivity contribution in [1.82, 2.24) is 0 Å². The van der Waals surface area contributed by atoms with E-state index in [1.54, 1.807) is 6.08 Å². The molecule has 0 heterocycles. The summed E-state index contributed by atoms with van der Waals surface area (Å²) in [6.45, 7) is 3.71. The Bertz CT molecular complexity index is 183. The van der Waals surface area contributed by atoms with Crippen molar-refractivity contribution in [2.75, 3.05) is 6.61 Å². The summed E-state index contributed by atoms with van der Waals surface area (Å²) in [5.74, 6) is -0.293. The highest BCUT2D eigenvalue weighted by molar-refractivity contribution is 5.72. The second kappa shape index (κ2) is 5.00. The summed E-state index contributed by atoms with van der Waals surface area (Å²) in [5, 5.41) is 0. The Morgan fingerprint density at radius 2 is 2.08 bits per heavy atom. The van der Waals surface area contributed by atoms with Crippen LogP contribution in [-0.2, 0) is 9.53 Å². The third-order valence-electron chi connectivity index (χ3n) is 2.33. The van der Waals surface area contributed by atoms with Crippen LogP contribution in [0.3, 0.4) is 0 Å². The number of alkyl halides is 1. The van der Waals surface area contributed by atoms with Gasteiger partial charge in [-0.2, -0.15) is 0 Å². The van der Waals surface area contributed by atoms with Gasteiger partial charge >= 0.3 is 5.97 Å². The standard InChI is InChI=1S/C10H15FO2/c1-2-7-13-10(12)8-3-5-9(11)6-4-8/h2,8-9H,1,3-7H2. The molecular formula is C10H15FO2. The number of rotatable bonds is 3. The number of halogens is 1. The molecule has 0 aromatic rings. The van der Waals surface area contributed by atoms with Gasteiger partial charge in [0.1, 0.15) is 12.8 Å². The molecule has 1 aliphatic rings. The summed E-state index contributed by atoms with van der Waals surface area (Å²) >= 11 is 0. The van der Waals surface area contributed by atoms with Gasteiger partial charge in [-0.25, -0.2) is 4.39 Å². The van der Waals surface area contributed by atoms with Gasteiger partial charge in [-0.15, -0.1) is 0 Å².